The van der Waals surface area contributed by atoms with Crippen molar-refractivity contribution < 1.29 is 9.59 Å². The topological polar surface area (TPSA) is 47.1 Å². The number of rotatable bonds is 7. The Labute approximate surface area is 201 Å². The minimum absolute atomic E-state index is 0.0907. The quantitative estimate of drug-likeness (QED) is 0.561. The summed E-state index contributed by atoms with van der Waals surface area (Å²) in [6, 6.07) is 5.25. The second-order valence-corrected chi connectivity index (χ2v) is 9.81. The minimum atomic E-state index is -0.0907. The molecule has 3 rings (SSSR count). The molecule has 2 heterocycles. The van der Waals surface area contributed by atoms with E-state index >= 15 is 0 Å². The van der Waals surface area contributed by atoms with Crippen molar-refractivity contribution in [3.8, 4) is 0 Å². The summed E-state index contributed by atoms with van der Waals surface area (Å²) in [5.74, 6) is 0.736. The van der Waals surface area contributed by atoms with E-state index in [0.717, 1.165) is 51.4 Å². The summed E-state index contributed by atoms with van der Waals surface area (Å²) in [6.07, 6.45) is 3.64. The van der Waals surface area contributed by atoms with Gasteiger partial charge in [-0.1, -0.05) is 43.1 Å². The molecular formula is C24H34Cl2N4O2. The zero-order valence-corrected chi connectivity index (χ0v) is 20.6. The van der Waals surface area contributed by atoms with Gasteiger partial charge in [-0.05, 0) is 29.7 Å². The number of hydrogen-bond acceptors (Lipinski definition) is 4. The van der Waals surface area contributed by atoms with Crippen LogP contribution in [0.2, 0.25) is 10.0 Å². The number of carbonyl (C=O) groups is 2. The Morgan fingerprint density at radius 1 is 0.969 bits per heavy atom. The highest BCUT2D eigenvalue weighted by atomic mass is 35.5. The van der Waals surface area contributed by atoms with Crippen LogP contribution >= 0.6 is 23.2 Å². The lowest BCUT2D eigenvalue weighted by Gasteiger charge is -2.36. The highest BCUT2D eigenvalue weighted by molar-refractivity contribution is 6.42. The van der Waals surface area contributed by atoms with Crippen LogP contribution in [0.15, 0.2) is 24.3 Å². The number of nitrogens with zero attached hydrogens (tertiary/aromatic N) is 4. The Balaban J connectivity index is 1.45. The Bertz CT molecular complexity index is 822. The molecule has 176 valence electrons. The van der Waals surface area contributed by atoms with E-state index in [1.165, 1.54) is 6.08 Å². The number of amides is 2. The molecule has 32 heavy (non-hydrogen) atoms. The lowest BCUT2D eigenvalue weighted by Crippen LogP contribution is -2.49. The number of carbonyl (C=O) groups excluding carboxylic acids is 2. The first-order valence-electron chi connectivity index (χ1n) is 11.5. The van der Waals surface area contributed by atoms with Crippen molar-refractivity contribution in [2.45, 2.75) is 20.3 Å². The molecule has 0 atom stereocenters. The SMILES string of the molecule is CC(C)CN1CCN(CCN2CCN(C(=O)C=Cc3ccc(Cl)c(Cl)c3)CCC2=O)CC1. The van der Waals surface area contributed by atoms with Gasteiger partial charge in [0.1, 0.15) is 0 Å². The maximum atomic E-state index is 12.6. The summed E-state index contributed by atoms with van der Waals surface area (Å²) < 4.78 is 0. The summed E-state index contributed by atoms with van der Waals surface area (Å²) in [5, 5.41) is 0.942. The lowest BCUT2D eigenvalue weighted by atomic mass is 10.2. The molecule has 2 aliphatic rings. The highest BCUT2D eigenvalue weighted by Gasteiger charge is 2.24. The van der Waals surface area contributed by atoms with Crippen LogP contribution in [0.1, 0.15) is 25.8 Å². The smallest absolute Gasteiger partial charge is 0.246 e. The molecule has 0 radical (unpaired) electrons. The monoisotopic (exact) mass is 480 g/mol. The van der Waals surface area contributed by atoms with E-state index in [1.54, 1.807) is 23.1 Å². The third-order valence-electron chi connectivity index (χ3n) is 6.04. The molecule has 2 amide bonds. The Kier molecular flexibility index (Phi) is 9.41. The first-order valence-corrected chi connectivity index (χ1v) is 12.2. The van der Waals surface area contributed by atoms with Gasteiger partial charge in [-0.15, -0.1) is 0 Å². The molecular weight excluding hydrogens is 447 g/mol. The maximum Gasteiger partial charge on any atom is 0.246 e. The molecule has 0 aliphatic carbocycles. The van der Waals surface area contributed by atoms with Gasteiger partial charge in [-0.25, -0.2) is 0 Å². The number of hydrogen-bond donors (Lipinski definition) is 0. The zero-order chi connectivity index (χ0) is 23.1. The van der Waals surface area contributed by atoms with Crippen molar-refractivity contribution in [1.82, 2.24) is 19.6 Å². The zero-order valence-electron chi connectivity index (χ0n) is 19.1. The average molecular weight is 481 g/mol. The summed E-state index contributed by atoms with van der Waals surface area (Å²) in [6.45, 7) is 13.2. The van der Waals surface area contributed by atoms with Crippen molar-refractivity contribution in [3.63, 3.8) is 0 Å². The summed E-state index contributed by atoms with van der Waals surface area (Å²) in [5.41, 5.74) is 0.814. The second-order valence-electron chi connectivity index (χ2n) is 9.00. The highest BCUT2D eigenvalue weighted by Crippen LogP contribution is 2.23. The molecule has 0 unspecified atom stereocenters. The molecule has 1 aromatic rings. The molecule has 0 saturated carbocycles. The van der Waals surface area contributed by atoms with E-state index < -0.39 is 0 Å². The van der Waals surface area contributed by atoms with Gasteiger partial charge in [-0.3, -0.25) is 14.5 Å². The standard InChI is InChI=1S/C24H34Cl2N4O2/c1-19(2)18-28-11-9-27(10-12-28)13-14-30-16-15-29(8-7-24(30)32)23(31)6-4-20-3-5-21(25)22(26)17-20/h3-6,17,19H,7-16,18H2,1-2H3. The molecule has 0 aromatic heterocycles. The van der Waals surface area contributed by atoms with E-state index in [4.69, 9.17) is 23.2 Å². The van der Waals surface area contributed by atoms with Gasteiger partial charge in [0.25, 0.3) is 0 Å². The van der Waals surface area contributed by atoms with E-state index in [-0.39, 0.29) is 11.8 Å². The lowest BCUT2D eigenvalue weighted by molar-refractivity contribution is -0.130. The van der Waals surface area contributed by atoms with E-state index in [0.29, 0.717) is 42.0 Å². The number of halogens is 2. The second kappa shape index (κ2) is 12.0. The Hall–Kier alpha value is -1.60. The van der Waals surface area contributed by atoms with Crippen LogP contribution in [0.25, 0.3) is 6.08 Å². The normalized spacial score (nSPS) is 19.2. The summed E-state index contributed by atoms with van der Waals surface area (Å²) in [7, 11) is 0. The molecule has 2 fully saturated rings. The van der Waals surface area contributed by atoms with Crippen molar-refractivity contribution >= 4 is 41.1 Å². The van der Waals surface area contributed by atoms with Crippen LogP contribution in [0.3, 0.4) is 0 Å². The van der Waals surface area contributed by atoms with Crippen LogP contribution in [0.5, 0.6) is 0 Å². The molecule has 6 nitrogen and oxygen atoms in total. The van der Waals surface area contributed by atoms with Crippen molar-refractivity contribution in [2.24, 2.45) is 5.92 Å². The fraction of sp³-hybridized carbons (Fsp3) is 0.583. The third-order valence-corrected chi connectivity index (χ3v) is 6.78. The Morgan fingerprint density at radius 2 is 1.69 bits per heavy atom. The summed E-state index contributed by atoms with van der Waals surface area (Å²) >= 11 is 12.0. The van der Waals surface area contributed by atoms with Crippen molar-refractivity contribution in [1.29, 1.82) is 0 Å². The van der Waals surface area contributed by atoms with Crippen LogP contribution in [-0.2, 0) is 9.59 Å². The molecule has 1 aromatic carbocycles. The van der Waals surface area contributed by atoms with E-state index in [9.17, 15) is 9.59 Å². The largest absolute Gasteiger partial charge is 0.340 e. The molecule has 0 bridgehead atoms. The van der Waals surface area contributed by atoms with Gasteiger partial charge in [0.05, 0.1) is 10.0 Å². The first kappa shape index (κ1) is 25.0. The van der Waals surface area contributed by atoms with Crippen LogP contribution in [0.4, 0.5) is 0 Å². The molecule has 0 spiro atoms. The van der Waals surface area contributed by atoms with Gasteiger partial charge in [0, 0.05) is 77.9 Å². The fourth-order valence-corrected chi connectivity index (χ4v) is 4.49. The van der Waals surface area contributed by atoms with E-state index in [2.05, 4.69) is 23.6 Å². The van der Waals surface area contributed by atoms with Crippen LogP contribution < -0.4 is 0 Å². The predicted molar refractivity (Wildman–Crippen MR) is 131 cm³/mol. The minimum Gasteiger partial charge on any atom is -0.340 e. The Morgan fingerprint density at radius 3 is 2.38 bits per heavy atom. The molecule has 0 N–H and O–H groups in total. The molecule has 2 aliphatic heterocycles. The van der Waals surface area contributed by atoms with Crippen LogP contribution in [-0.4, -0.2) is 96.9 Å². The number of benzene rings is 1. The third kappa shape index (κ3) is 7.48. The average Bonchev–Trinajstić information content (AvgIpc) is 2.95. The molecule has 2 saturated heterocycles. The number of piperazine rings is 1. The van der Waals surface area contributed by atoms with Gasteiger partial charge >= 0.3 is 0 Å². The van der Waals surface area contributed by atoms with Crippen molar-refractivity contribution in [3.05, 3.63) is 39.9 Å². The molecule has 8 heteroatoms. The predicted octanol–water partition coefficient (Wildman–Crippen LogP) is 3.34. The maximum absolute atomic E-state index is 12.6. The van der Waals surface area contributed by atoms with E-state index in [1.807, 2.05) is 11.0 Å². The van der Waals surface area contributed by atoms with Gasteiger partial charge in [0.15, 0.2) is 0 Å². The first-order chi connectivity index (χ1) is 15.3. The van der Waals surface area contributed by atoms with Gasteiger partial charge < -0.3 is 14.7 Å². The van der Waals surface area contributed by atoms with Crippen molar-refractivity contribution in [2.75, 3.05) is 65.4 Å². The summed E-state index contributed by atoms with van der Waals surface area (Å²) in [4.78, 5) is 33.9. The van der Waals surface area contributed by atoms with Crippen LogP contribution in [0, 0.1) is 5.92 Å². The van der Waals surface area contributed by atoms with Gasteiger partial charge in [0.2, 0.25) is 11.8 Å². The van der Waals surface area contributed by atoms with Gasteiger partial charge in [-0.2, -0.15) is 0 Å². The fourth-order valence-electron chi connectivity index (χ4n) is 4.19.